The third-order valence-corrected chi connectivity index (χ3v) is 5.96. The van der Waals surface area contributed by atoms with Gasteiger partial charge >= 0.3 is 0 Å². The zero-order valence-corrected chi connectivity index (χ0v) is 19.7. The standard InChI is InChI=1S/C25H29N7O/c1-15(2)31-23(33)20-14-28-24(29-18-7-6-16-12-26-13-17(16)10-18)30-22(20)32(31)19-8-9-27-21(11-19)25(3,4)5/h6-11,14-15,26H,12-13H2,1-5H3,(H,28,29,30). The van der Waals surface area contributed by atoms with Crippen LogP contribution in [0.1, 0.15) is 57.5 Å². The van der Waals surface area contributed by atoms with Gasteiger partial charge in [-0.15, -0.1) is 0 Å². The molecule has 1 aliphatic heterocycles. The fraction of sp³-hybridized carbons (Fsp3) is 0.360. The predicted molar refractivity (Wildman–Crippen MR) is 130 cm³/mol. The summed E-state index contributed by atoms with van der Waals surface area (Å²) in [6.45, 7) is 12.1. The van der Waals surface area contributed by atoms with Crippen LogP contribution >= 0.6 is 0 Å². The van der Waals surface area contributed by atoms with Gasteiger partial charge in [-0.2, -0.15) is 4.98 Å². The molecular formula is C25H29N7O. The molecule has 0 aliphatic carbocycles. The van der Waals surface area contributed by atoms with Gasteiger partial charge in [-0.3, -0.25) is 9.78 Å². The van der Waals surface area contributed by atoms with Gasteiger partial charge in [0.05, 0.1) is 5.69 Å². The topological polar surface area (TPSA) is 89.7 Å². The van der Waals surface area contributed by atoms with Gasteiger partial charge in [0, 0.05) is 48.3 Å². The molecule has 0 saturated carbocycles. The molecule has 0 unspecified atom stereocenters. The first kappa shape index (κ1) is 21.3. The Morgan fingerprint density at radius 1 is 1.06 bits per heavy atom. The van der Waals surface area contributed by atoms with Crippen molar-refractivity contribution < 1.29 is 0 Å². The fourth-order valence-electron chi connectivity index (χ4n) is 4.24. The highest BCUT2D eigenvalue weighted by molar-refractivity contribution is 5.77. The maximum Gasteiger partial charge on any atom is 0.278 e. The molecule has 4 aromatic rings. The molecule has 0 amide bonds. The zero-order chi connectivity index (χ0) is 23.3. The van der Waals surface area contributed by atoms with Crippen LogP contribution in [-0.2, 0) is 18.5 Å². The molecule has 0 atom stereocenters. The second-order valence-corrected chi connectivity index (χ2v) is 9.85. The molecule has 5 rings (SSSR count). The summed E-state index contributed by atoms with van der Waals surface area (Å²) in [6.07, 6.45) is 3.40. The molecule has 0 radical (unpaired) electrons. The van der Waals surface area contributed by atoms with Crippen molar-refractivity contribution in [2.75, 3.05) is 5.32 Å². The number of aromatic nitrogens is 5. The van der Waals surface area contributed by atoms with Crippen molar-refractivity contribution in [3.05, 3.63) is 69.9 Å². The summed E-state index contributed by atoms with van der Waals surface area (Å²) in [6, 6.07) is 10.2. The van der Waals surface area contributed by atoms with E-state index in [1.807, 2.05) is 36.7 Å². The molecule has 8 nitrogen and oxygen atoms in total. The number of fused-ring (bicyclic) bond motifs is 2. The van der Waals surface area contributed by atoms with Crippen LogP contribution in [0.15, 0.2) is 47.5 Å². The van der Waals surface area contributed by atoms with E-state index in [1.54, 1.807) is 17.1 Å². The maximum absolute atomic E-state index is 13.3. The van der Waals surface area contributed by atoms with E-state index in [9.17, 15) is 4.79 Å². The van der Waals surface area contributed by atoms with Gasteiger partial charge in [-0.05, 0) is 49.2 Å². The van der Waals surface area contributed by atoms with Crippen LogP contribution in [0, 0.1) is 0 Å². The van der Waals surface area contributed by atoms with Crippen LogP contribution in [0.4, 0.5) is 11.6 Å². The Balaban J connectivity index is 1.65. The van der Waals surface area contributed by atoms with E-state index in [2.05, 4.69) is 53.5 Å². The first-order valence-corrected chi connectivity index (χ1v) is 11.3. The van der Waals surface area contributed by atoms with Gasteiger partial charge in [0.1, 0.15) is 5.39 Å². The Hall–Kier alpha value is -3.52. The Labute approximate surface area is 192 Å². The summed E-state index contributed by atoms with van der Waals surface area (Å²) in [7, 11) is 0. The highest BCUT2D eigenvalue weighted by atomic mass is 16.1. The fourth-order valence-corrected chi connectivity index (χ4v) is 4.24. The number of benzene rings is 1. The number of hydrogen-bond acceptors (Lipinski definition) is 6. The normalized spacial score (nSPS) is 13.6. The lowest BCUT2D eigenvalue weighted by atomic mass is 9.91. The molecule has 8 heteroatoms. The predicted octanol–water partition coefficient (Wildman–Crippen LogP) is 4.20. The number of hydrogen-bond donors (Lipinski definition) is 2. The SMILES string of the molecule is CC(C)n1c(=O)c2cnc(Nc3ccc4c(c3)CNC4)nc2n1-c1ccnc(C(C)(C)C)c1. The van der Waals surface area contributed by atoms with Crippen molar-refractivity contribution in [1.82, 2.24) is 29.6 Å². The number of nitrogens with one attached hydrogen (secondary N) is 2. The summed E-state index contributed by atoms with van der Waals surface area (Å²) >= 11 is 0. The summed E-state index contributed by atoms with van der Waals surface area (Å²) in [5.74, 6) is 0.452. The van der Waals surface area contributed by atoms with Gasteiger partial charge in [0.2, 0.25) is 5.95 Å². The second-order valence-electron chi connectivity index (χ2n) is 9.85. The molecular weight excluding hydrogens is 414 g/mol. The van der Waals surface area contributed by atoms with Crippen LogP contribution in [0.5, 0.6) is 0 Å². The summed E-state index contributed by atoms with van der Waals surface area (Å²) < 4.78 is 3.62. The van der Waals surface area contributed by atoms with Crippen LogP contribution in [0.25, 0.3) is 16.7 Å². The smallest absolute Gasteiger partial charge is 0.278 e. The number of pyridine rings is 1. The van der Waals surface area contributed by atoms with Crippen molar-refractivity contribution in [2.45, 2.75) is 59.2 Å². The first-order valence-electron chi connectivity index (χ1n) is 11.3. The van der Waals surface area contributed by atoms with E-state index in [0.717, 1.165) is 30.2 Å². The quantitative estimate of drug-likeness (QED) is 0.491. The minimum Gasteiger partial charge on any atom is -0.324 e. The lowest BCUT2D eigenvalue weighted by Crippen LogP contribution is -2.24. The Kier molecular flexibility index (Phi) is 5.05. The number of rotatable bonds is 4. The minimum atomic E-state index is -0.119. The van der Waals surface area contributed by atoms with Gasteiger partial charge in [0.15, 0.2) is 5.65 Å². The third-order valence-electron chi connectivity index (χ3n) is 5.96. The van der Waals surface area contributed by atoms with Gasteiger partial charge in [-0.1, -0.05) is 26.8 Å². The molecule has 0 fully saturated rings. The zero-order valence-electron chi connectivity index (χ0n) is 19.7. The molecule has 0 saturated heterocycles. The molecule has 2 N–H and O–H groups in total. The van der Waals surface area contributed by atoms with E-state index in [4.69, 9.17) is 4.98 Å². The molecule has 170 valence electrons. The van der Waals surface area contributed by atoms with Crippen molar-refractivity contribution in [3.63, 3.8) is 0 Å². The maximum atomic E-state index is 13.3. The molecule has 0 spiro atoms. The second kappa shape index (κ2) is 7.81. The van der Waals surface area contributed by atoms with E-state index in [0.29, 0.717) is 17.0 Å². The van der Waals surface area contributed by atoms with E-state index in [1.165, 1.54) is 11.1 Å². The van der Waals surface area contributed by atoms with Gasteiger partial charge < -0.3 is 10.6 Å². The largest absolute Gasteiger partial charge is 0.324 e. The van der Waals surface area contributed by atoms with Gasteiger partial charge in [-0.25, -0.2) is 14.3 Å². The number of nitrogens with zero attached hydrogens (tertiary/aromatic N) is 5. The van der Waals surface area contributed by atoms with E-state index in [-0.39, 0.29) is 17.0 Å². The first-order chi connectivity index (χ1) is 15.7. The Morgan fingerprint density at radius 2 is 1.85 bits per heavy atom. The molecule has 1 aromatic carbocycles. The average molecular weight is 444 g/mol. The summed E-state index contributed by atoms with van der Waals surface area (Å²) in [5.41, 5.74) is 5.65. The monoisotopic (exact) mass is 443 g/mol. The van der Waals surface area contributed by atoms with Crippen LogP contribution in [-0.4, -0.2) is 24.3 Å². The molecule has 0 bridgehead atoms. The lowest BCUT2D eigenvalue weighted by Gasteiger charge is -2.20. The highest BCUT2D eigenvalue weighted by Gasteiger charge is 2.22. The van der Waals surface area contributed by atoms with Crippen molar-refractivity contribution in [1.29, 1.82) is 0 Å². The van der Waals surface area contributed by atoms with Crippen LogP contribution in [0.3, 0.4) is 0 Å². The van der Waals surface area contributed by atoms with E-state index < -0.39 is 0 Å². The summed E-state index contributed by atoms with van der Waals surface area (Å²) in [5, 5.41) is 7.16. The van der Waals surface area contributed by atoms with Crippen LogP contribution in [0.2, 0.25) is 0 Å². The molecule has 33 heavy (non-hydrogen) atoms. The van der Waals surface area contributed by atoms with Gasteiger partial charge in [0.25, 0.3) is 5.56 Å². The van der Waals surface area contributed by atoms with Crippen molar-refractivity contribution in [3.8, 4) is 5.69 Å². The Morgan fingerprint density at radius 3 is 2.61 bits per heavy atom. The summed E-state index contributed by atoms with van der Waals surface area (Å²) in [4.78, 5) is 27.0. The van der Waals surface area contributed by atoms with E-state index >= 15 is 0 Å². The van der Waals surface area contributed by atoms with Crippen molar-refractivity contribution in [2.24, 2.45) is 0 Å². The van der Waals surface area contributed by atoms with Crippen LogP contribution < -0.4 is 16.2 Å². The minimum absolute atomic E-state index is 0.0569. The Bertz CT molecular complexity index is 1410. The average Bonchev–Trinajstić information content (AvgIpc) is 3.35. The number of anilines is 2. The molecule has 1 aliphatic rings. The van der Waals surface area contributed by atoms with Crippen molar-refractivity contribution >= 4 is 22.7 Å². The lowest BCUT2D eigenvalue weighted by molar-refractivity contribution is 0.474. The molecule has 4 heterocycles. The molecule has 3 aromatic heterocycles. The third kappa shape index (κ3) is 3.80. The highest BCUT2D eigenvalue weighted by Crippen LogP contribution is 2.26.